The van der Waals surface area contributed by atoms with Crippen molar-refractivity contribution in [3.8, 4) is 0 Å². The van der Waals surface area contributed by atoms with Gasteiger partial charge in [-0.25, -0.2) is 10.5 Å². The van der Waals surface area contributed by atoms with Crippen LogP contribution in [0.4, 0.5) is 0 Å². The molecular weight excluding hydrogens is 120 g/mol. The third-order valence-electron chi connectivity index (χ3n) is 0.0333. The van der Waals surface area contributed by atoms with Crippen LogP contribution in [-0.2, 0) is 27.1 Å². The Labute approximate surface area is 38.6 Å². The van der Waals surface area contributed by atoms with Crippen LogP contribution in [0.5, 0.6) is 0 Å². The second-order valence-electron chi connectivity index (χ2n) is 0.149. The summed E-state index contributed by atoms with van der Waals surface area (Å²) in [7, 11) is 0. The zero-order valence-corrected chi connectivity index (χ0v) is 3.17. The van der Waals surface area contributed by atoms with Gasteiger partial charge in [0.1, 0.15) is 0 Å². The standard InChI is InChI=1S/Fe.H2O4/c;1-3-4-2/h;1-2H. The van der Waals surface area contributed by atoms with E-state index in [-0.39, 0.29) is 17.1 Å². The van der Waals surface area contributed by atoms with Crippen LogP contribution in [0.2, 0.25) is 0 Å². The zero-order chi connectivity index (χ0) is 3.41. The summed E-state index contributed by atoms with van der Waals surface area (Å²) in [6.07, 6.45) is 0. The van der Waals surface area contributed by atoms with E-state index < -0.39 is 0 Å². The molecule has 0 aromatic heterocycles. The SMILES string of the molecule is OOOO.[Fe]. The van der Waals surface area contributed by atoms with Crippen LogP contribution in [0, 0.1) is 0 Å². The molecule has 0 radical (unpaired) electrons. The van der Waals surface area contributed by atoms with Crippen molar-refractivity contribution in [2.45, 2.75) is 0 Å². The van der Waals surface area contributed by atoms with Crippen molar-refractivity contribution in [3.63, 3.8) is 0 Å². The monoisotopic (exact) mass is 122 g/mol. The Kier molecular flexibility index (Phi) is 16.0. The first-order chi connectivity index (χ1) is 1.91. The minimum Gasteiger partial charge on any atom is -0.219 e. The summed E-state index contributed by atoms with van der Waals surface area (Å²) in [4.78, 5) is 0. The third kappa shape index (κ3) is 13.1. The Hall–Kier alpha value is 0.359. The van der Waals surface area contributed by atoms with Gasteiger partial charge in [0.15, 0.2) is 0 Å². The first kappa shape index (κ1) is 9.03. The fourth-order valence-electron chi connectivity index (χ4n) is 0. The number of hydrogen-bond donors (Lipinski definition) is 2. The summed E-state index contributed by atoms with van der Waals surface area (Å²) in [5.41, 5.74) is 0. The summed E-state index contributed by atoms with van der Waals surface area (Å²) in [5.74, 6) is 0. The molecule has 0 atom stereocenters. The predicted octanol–water partition coefficient (Wildman–Crippen LogP) is -0.122. The van der Waals surface area contributed by atoms with Crippen molar-refractivity contribution in [1.29, 1.82) is 0 Å². The summed E-state index contributed by atoms with van der Waals surface area (Å²) < 4.78 is 0. The molecular formula is H2FeO4. The van der Waals surface area contributed by atoms with Crippen LogP contribution in [0.15, 0.2) is 0 Å². The summed E-state index contributed by atoms with van der Waals surface area (Å²) in [6, 6.07) is 0. The van der Waals surface area contributed by atoms with E-state index >= 15 is 0 Å². The molecule has 0 fully saturated rings. The normalized spacial score (nSPS) is 6.00. The minimum atomic E-state index is 0. The third-order valence-corrected chi connectivity index (χ3v) is 0.0333. The first-order valence-corrected chi connectivity index (χ1v) is 0.532. The van der Waals surface area contributed by atoms with Crippen molar-refractivity contribution in [2.75, 3.05) is 0 Å². The molecule has 4 nitrogen and oxygen atoms in total. The average Bonchev–Trinajstić information content (AvgIpc) is 1.37. The van der Waals surface area contributed by atoms with E-state index in [1.54, 1.807) is 0 Å². The molecule has 5 heavy (non-hydrogen) atoms. The quantitative estimate of drug-likeness (QED) is 0.289. The van der Waals surface area contributed by atoms with Gasteiger partial charge in [0.05, 0.1) is 0 Å². The molecule has 0 saturated carbocycles. The van der Waals surface area contributed by atoms with E-state index in [1.165, 1.54) is 0 Å². The van der Waals surface area contributed by atoms with Gasteiger partial charge in [0.2, 0.25) is 0 Å². The fourth-order valence-corrected chi connectivity index (χ4v) is 0. The molecule has 5 heteroatoms. The van der Waals surface area contributed by atoms with E-state index in [1.807, 2.05) is 0 Å². The van der Waals surface area contributed by atoms with Gasteiger partial charge in [-0.2, -0.15) is 0 Å². The predicted molar refractivity (Wildman–Crippen MR) is 7.43 cm³/mol. The molecule has 0 saturated heterocycles. The van der Waals surface area contributed by atoms with Gasteiger partial charge in [-0.05, 0) is 10.1 Å². The fraction of sp³-hybridized carbons (Fsp3) is 0. The van der Waals surface area contributed by atoms with E-state index in [9.17, 15) is 0 Å². The van der Waals surface area contributed by atoms with E-state index in [4.69, 9.17) is 10.5 Å². The maximum absolute atomic E-state index is 6.90. The smallest absolute Gasteiger partial charge is 0 e. The van der Waals surface area contributed by atoms with Crippen molar-refractivity contribution < 1.29 is 37.7 Å². The van der Waals surface area contributed by atoms with Crippen molar-refractivity contribution in [1.82, 2.24) is 0 Å². The second kappa shape index (κ2) is 8.84. The summed E-state index contributed by atoms with van der Waals surface area (Å²) >= 11 is 0. The van der Waals surface area contributed by atoms with Gasteiger partial charge >= 0.3 is 0 Å². The largest absolute Gasteiger partial charge is 0.219 e. The van der Waals surface area contributed by atoms with E-state index in [2.05, 4.69) is 10.1 Å². The molecule has 0 bridgehead atoms. The van der Waals surface area contributed by atoms with E-state index in [0.717, 1.165) is 0 Å². The second-order valence-corrected chi connectivity index (χ2v) is 0.149. The first-order valence-electron chi connectivity index (χ1n) is 0.532. The van der Waals surface area contributed by atoms with Gasteiger partial charge in [-0.3, -0.25) is 0 Å². The zero-order valence-electron chi connectivity index (χ0n) is 2.06. The van der Waals surface area contributed by atoms with Gasteiger partial charge in [0, 0.05) is 17.1 Å². The van der Waals surface area contributed by atoms with Crippen molar-refractivity contribution in [2.24, 2.45) is 0 Å². The molecule has 2 N–H and O–H groups in total. The summed E-state index contributed by atoms with van der Waals surface area (Å²) in [5, 5.41) is 19.0. The van der Waals surface area contributed by atoms with Crippen LogP contribution in [0.25, 0.3) is 0 Å². The van der Waals surface area contributed by atoms with Crippen LogP contribution in [0.1, 0.15) is 0 Å². The molecule has 0 spiro atoms. The molecule has 0 rings (SSSR count). The summed E-state index contributed by atoms with van der Waals surface area (Å²) in [6.45, 7) is 0. The molecule has 0 aliphatic carbocycles. The maximum atomic E-state index is 6.90. The van der Waals surface area contributed by atoms with Gasteiger partial charge in [-0.15, -0.1) is 0 Å². The van der Waals surface area contributed by atoms with Crippen LogP contribution in [-0.4, -0.2) is 10.5 Å². The molecule has 34 valence electrons. The maximum Gasteiger partial charge on any atom is 0 e. The Balaban J connectivity index is 0. The molecule has 0 aromatic carbocycles. The minimum absolute atomic E-state index is 0. The molecule has 0 heterocycles. The van der Waals surface area contributed by atoms with E-state index in [0.29, 0.717) is 0 Å². The molecule has 0 aliphatic rings. The van der Waals surface area contributed by atoms with Gasteiger partial charge in [0.25, 0.3) is 0 Å². The van der Waals surface area contributed by atoms with Crippen molar-refractivity contribution >= 4 is 0 Å². The molecule has 0 unspecified atom stereocenters. The van der Waals surface area contributed by atoms with Crippen molar-refractivity contribution in [3.05, 3.63) is 0 Å². The van der Waals surface area contributed by atoms with Crippen LogP contribution in [0.3, 0.4) is 0 Å². The molecule has 0 amide bonds. The van der Waals surface area contributed by atoms with Gasteiger partial charge in [-0.1, -0.05) is 0 Å². The Morgan fingerprint density at radius 3 is 1.20 bits per heavy atom. The van der Waals surface area contributed by atoms with Crippen LogP contribution < -0.4 is 0 Å². The molecule has 0 aromatic rings. The average molecular weight is 122 g/mol. The molecule has 0 aliphatic heterocycles. The number of hydrogen-bond acceptors (Lipinski definition) is 4. The van der Waals surface area contributed by atoms with Gasteiger partial charge < -0.3 is 0 Å². The Morgan fingerprint density at radius 2 is 1.20 bits per heavy atom. The van der Waals surface area contributed by atoms with Crippen LogP contribution >= 0.6 is 0 Å². The Morgan fingerprint density at radius 1 is 1.00 bits per heavy atom. The topological polar surface area (TPSA) is 58.9 Å². The Bertz CT molecular complexity index is 5.61. The number of rotatable bonds is 1.